The van der Waals surface area contributed by atoms with Gasteiger partial charge in [0.1, 0.15) is 11.6 Å². The molecule has 0 saturated carbocycles. The molecule has 0 aliphatic heterocycles. The summed E-state index contributed by atoms with van der Waals surface area (Å²) in [5, 5.41) is 5.42. The fourth-order valence-corrected chi connectivity index (χ4v) is 3.86. The standard InChI is InChI=1S/C27H31N3O2/c1-19(28-26(31)27(2,3)4)25-29-22-14-7-8-15-23(22)30(25)17-10-18-32-24-16-9-12-20-11-5-6-13-21(20)24/h5-9,11-16,19H,10,17-18H2,1-4H3,(H,28,31). The number of ether oxygens (including phenoxy) is 1. The lowest BCUT2D eigenvalue weighted by atomic mass is 9.95. The highest BCUT2D eigenvalue weighted by molar-refractivity contribution is 5.88. The number of hydrogen-bond donors (Lipinski definition) is 1. The van der Waals surface area contributed by atoms with Gasteiger partial charge in [-0.2, -0.15) is 0 Å². The minimum absolute atomic E-state index is 0.0166. The van der Waals surface area contributed by atoms with Gasteiger partial charge in [-0.1, -0.05) is 69.3 Å². The Morgan fingerprint density at radius 2 is 1.75 bits per heavy atom. The van der Waals surface area contributed by atoms with Gasteiger partial charge >= 0.3 is 0 Å². The largest absolute Gasteiger partial charge is 0.493 e. The molecule has 4 aromatic rings. The van der Waals surface area contributed by atoms with E-state index in [2.05, 4.69) is 34.1 Å². The first-order chi connectivity index (χ1) is 15.3. The van der Waals surface area contributed by atoms with Crippen LogP contribution < -0.4 is 10.1 Å². The van der Waals surface area contributed by atoms with Crippen LogP contribution in [0.5, 0.6) is 5.75 Å². The summed E-state index contributed by atoms with van der Waals surface area (Å²) >= 11 is 0. The molecular weight excluding hydrogens is 398 g/mol. The van der Waals surface area contributed by atoms with Gasteiger partial charge in [-0.15, -0.1) is 0 Å². The van der Waals surface area contributed by atoms with Crippen molar-refractivity contribution in [1.29, 1.82) is 0 Å². The molecule has 0 fully saturated rings. The van der Waals surface area contributed by atoms with Gasteiger partial charge in [0.05, 0.1) is 23.7 Å². The maximum absolute atomic E-state index is 12.5. The normalized spacial score (nSPS) is 12.8. The molecular formula is C27H31N3O2. The van der Waals surface area contributed by atoms with Crippen LogP contribution in [0.3, 0.4) is 0 Å². The van der Waals surface area contributed by atoms with Gasteiger partial charge in [0.25, 0.3) is 0 Å². The number of aromatic nitrogens is 2. The summed E-state index contributed by atoms with van der Waals surface area (Å²) in [6.07, 6.45) is 0.830. The maximum Gasteiger partial charge on any atom is 0.225 e. The first-order valence-electron chi connectivity index (χ1n) is 11.2. The molecule has 0 aliphatic carbocycles. The van der Waals surface area contributed by atoms with Crippen LogP contribution in [0.4, 0.5) is 0 Å². The number of imidazole rings is 1. The second-order valence-electron chi connectivity index (χ2n) is 9.23. The summed E-state index contributed by atoms with van der Waals surface area (Å²) in [6, 6.07) is 22.3. The van der Waals surface area contributed by atoms with E-state index in [4.69, 9.17) is 9.72 Å². The van der Waals surface area contributed by atoms with Crippen LogP contribution in [0.25, 0.3) is 21.8 Å². The zero-order chi connectivity index (χ0) is 22.7. The molecule has 1 amide bonds. The fourth-order valence-electron chi connectivity index (χ4n) is 3.86. The number of nitrogens with zero attached hydrogens (tertiary/aromatic N) is 2. The number of nitrogens with one attached hydrogen (secondary N) is 1. The Morgan fingerprint density at radius 3 is 2.56 bits per heavy atom. The highest BCUT2D eigenvalue weighted by Gasteiger charge is 2.25. The molecule has 32 heavy (non-hydrogen) atoms. The van der Waals surface area contributed by atoms with Crippen molar-refractivity contribution < 1.29 is 9.53 Å². The molecule has 166 valence electrons. The van der Waals surface area contributed by atoms with Gasteiger partial charge in [0.15, 0.2) is 0 Å². The molecule has 5 heteroatoms. The van der Waals surface area contributed by atoms with E-state index in [0.717, 1.165) is 41.0 Å². The Morgan fingerprint density at radius 1 is 1.03 bits per heavy atom. The third-order valence-corrected chi connectivity index (χ3v) is 5.63. The van der Waals surface area contributed by atoms with Crippen molar-refractivity contribution in [2.75, 3.05) is 6.61 Å². The zero-order valence-electron chi connectivity index (χ0n) is 19.3. The number of hydrogen-bond acceptors (Lipinski definition) is 3. The molecule has 0 radical (unpaired) electrons. The summed E-state index contributed by atoms with van der Waals surface area (Å²) in [5.41, 5.74) is 1.57. The Kier molecular flexibility index (Phi) is 6.17. The van der Waals surface area contributed by atoms with E-state index in [0.29, 0.717) is 6.61 Å². The second-order valence-corrected chi connectivity index (χ2v) is 9.23. The molecule has 1 aromatic heterocycles. The summed E-state index contributed by atoms with van der Waals surface area (Å²) in [5.74, 6) is 1.79. The smallest absolute Gasteiger partial charge is 0.225 e. The van der Waals surface area contributed by atoms with Crippen molar-refractivity contribution in [3.8, 4) is 5.75 Å². The van der Waals surface area contributed by atoms with Crippen molar-refractivity contribution in [3.63, 3.8) is 0 Å². The van der Waals surface area contributed by atoms with E-state index in [1.54, 1.807) is 0 Å². The first-order valence-corrected chi connectivity index (χ1v) is 11.2. The molecule has 1 N–H and O–H groups in total. The number of fused-ring (bicyclic) bond motifs is 2. The second kappa shape index (κ2) is 9.03. The van der Waals surface area contributed by atoms with E-state index in [1.165, 1.54) is 5.39 Å². The van der Waals surface area contributed by atoms with Crippen LogP contribution in [-0.2, 0) is 11.3 Å². The highest BCUT2D eigenvalue weighted by atomic mass is 16.5. The lowest BCUT2D eigenvalue weighted by Crippen LogP contribution is -2.37. The minimum atomic E-state index is -0.447. The monoisotopic (exact) mass is 429 g/mol. The van der Waals surface area contributed by atoms with Crippen LogP contribution in [0.2, 0.25) is 0 Å². The number of carbonyl (C=O) groups is 1. The lowest BCUT2D eigenvalue weighted by Gasteiger charge is -2.22. The van der Waals surface area contributed by atoms with Gasteiger partial charge in [-0.05, 0) is 36.9 Å². The number of para-hydroxylation sites is 2. The number of amides is 1. The number of rotatable bonds is 7. The van der Waals surface area contributed by atoms with Crippen LogP contribution in [-0.4, -0.2) is 22.1 Å². The number of carbonyl (C=O) groups excluding carboxylic acids is 1. The van der Waals surface area contributed by atoms with Gasteiger partial charge in [-0.25, -0.2) is 4.98 Å². The van der Waals surface area contributed by atoms with Crippen molar-refractivity contribution in [2.45, 2.75) is 46.7 Å². The predicted octanol–water partition coefficient (Wildman–Crippen LogP) is 5.88. The first kappa shape index (κ1) is 21.9. The molecule has 0 bridgehead atoms. The third-order valence-electron chi connectivity index (χ3n) is 5.63. The lowest BCUT2D eigenvalue weighted by molar-refractivity contribution is -0.129. The van der Waals surface area contributed by atoms with Crippen LogP contribution in [0, 0.1) is 5.41 Å². The van der Waals surface area contributed by atoms with Crippen LogP contribution >= 0.6 is 0 Å². The Hall–Kier alpha value is -3.34. The molecule has 0 saturated heterocycles. The molecule has 1 atom stereocenters. The molecule has 1 unspecified atom stereocenters. The van der Waals surface area contributed by atoms with E-state index >= 15 is 0 Å². The molecule has 5 nitrogen and oxygen atoms in total. The van der Waals surface area contributed by atoms with Crippen molar-refractivity contribution >= 4 is 27.7 Å². The predicted molar refractivity (Wildman–Crippen MR) is 130 cm³/mol. The molecule has 1 heterocycles. The number of aryl methyl sites for hydroxylation is 1. The van der Waals surface area contributed by atoms with E-state index in [9.17, 15) is 4.79 Å². The topological polar surface area (TPSA) is 56.2 Å². The average molecular weight is 430 g/mol. The zero-order valence-corrected chi connectivity index (χ0v) is 19.3. The van der Waals surface area contributed by atoms with Gasteiger partial charge in [0, 0.05) is 17.3 Å². The molecule has 0 spiro atoms. The molecule has 4 rings (SSSR count). The van der Waals surface area contributed by atoms with E-state index in [1.807, 2.05) is 70.2 Å². The van der Waals surface area contributed by atoms with E-state index in [-0.39, 0.29) is 11.9 Å². The SMILES string of the molecule is CC(NC(=O)C(C)(C)C)c1nc2ccccc2n1CCCOc1cccc2ccccc12. The summed E-state index contributed by atoms with van der Waals surface area (Å²) in [7, 11) is 0. The van der Waals surface area contributed by atoms with Gasteiger partial charge in [-0.3, -0.25) is 4.79 Å². The summed E-state index contributed by atoms with van der Waals surface area (Å²) < 4.78 is 8.34. The average Bonchev–Trinajstić information content (AvgIpc) is 3.15. The summed E-state index contributed by atoms with van der Waals surface area (Å²) in [4.78, 5) is 17.4. The molecule has 0 aliphatic rings. The van der Waals surface area contributed by atoms with Crippen LogP contribution in [0.1, 0.15) is 46.0 Å². The Balaban J connectivity index is 1.49. The third kappa shape index (κ3) is 4.62. The highest BCUT2D eigenvalue weighted by Crippen LogP contribution is 2.26. The Labute approximate surface area is 189 Å². The minimum Gasteiger partial charge on any atom is -0.493 e. The van der Waals surface area contributed by atoms with Crippen molar-refractivity contribution in [3.05, 3.63) is 72.6 Å². The maximum atomic E-state index is 12.5. The van der Waals surface area contributed by atoms with Gasteiger partial charge < -0.3 is 14.6 Å². The van der Waals surface area contributed by atoms with Gasteiger partial charge in [0.2, 0.25) is 5.91 Å². The fraction of sp³-hybridized carbons (Fsp3) is 0.333. The number of benzene rings is 3. The molecule has 3 aromatic carbocycles. The van der Waals surface area contributed by atoms with Crippen LogP contribution in [0.15, 0.2) is 66.7 Å². The Bertz CT molecular complexity index is 1230. The van der Waals surface area contributed by atoms with Crippen molar-refractivity contribution in [1.82, 2.24) is 14.9 Å². The summed E-state index contributed by atoms with van der Waals surface area (Å²) in [6.45, 7) is 9.11. The van der Waals surface area contributed by atoms with E-state index < -0.39 is 5.41 Å². The quantitative estimate of drug-likeness (QED) is 0.373. The van der Waals surface area contributed by atoms with Crippen molar-refractivity contribution in [2.24, 2.45) is 5.41 Å².